The second-order valence-corrected chi connectivity index (χ2v) is 15.6. The fourth-order valence-corrected chi connectivity index (χ4v) is 7.68. The van der Waals surface area contributed by atoms with Crippen LogP contribution in [0.3, 0.4) is 0 Å². The molecule has 4 aromatic carbocycles. The van der Waals surface area contributed by atoms with Gasteiger partial charge in [0.2, 0.25) is 5.16 Å². The van der Waals surface area contributed by atoms with Gasteiger partial charge in [0.25, 0.3) is 5.91 Å². The van der Waals surface area contributed by atoms with E-state index in [1.54, 1.807) is 65.6 Å². The number of hydrogen-bond acceptors (Lipinski definition) is 11. The fourth-order valence-electron chi connectivity index (χ4n) is 6.84. The summed E-state index contributed by atoms with van der Waals surface area (Å²) >= 11 is 1.37. The van der Waals surface area contributed by atoms with Gasteiger partial charge in [0.05, 0.1) is 30.7 Å². The van der Waals surface area contributed by atoms with E-state index >= 15 is 0 Å². The average molecular weight is 839 g/mol. The van der Waals surface area contributed by atoms with Gasteiger partial charge in [-0.05, 0) is 65.2 Å². The number of carbonyl (C=O) groups is 3. The van der Waals surface area contributed by atoms with Crippen LogP contribution in [0.1, 0.15) is 113 Å². The van der Waals surface area contributed by atoms with E-state index in [-0.39, 0.29) is 17.9 Å². The van der Waals surface area contributed by atoms with E-state index < -0.39 is 18.0 Å². The number of aromatic nitrogens is 4. The van der Waals surface area contributed by atoms with Gasteiger partial charge in [-0.25, -0.2) is 9.48 Å². The monoisotopic (exact) mass is 838 g/mol. The van der Waals surface area contributed by atoms with Crippen LogP contribution in [-0.2, 0) is 21.8 Å². The van der Waals surface area contributed by atoms with Crippen molar-refractivity contribution in [2.45, 2.75) is 115 Å². The maximum absolute atomic E-state index is 14.1. The summed E-state index contributed by atoms with van der Waals surface area (Å²) in [6.07, 6.45) is 14.5. The summed E-state index contributed by atoms with van der Waals surface area (Å²) in [6, 6.07) is 22.9. The highest BCUT2D eigenvalue weighted by molar-refractivity contribution is 7.98. The van der Waals surface area contributed by atoms with Gasteiger partial charge in [-0.1, -0.05) is 139 Å². The van der Waals surface area contributed by atoms with E-state index in [1.165, 1.54) is 74.9 Å². The summed E-state index contributed by atoms with van der Waals surface area (Å²) in [5, 5.41) is 27.5. The third-order valence-electron chi connectivity index (χ3n) is 10.1. The molecule has 13 nitrogen and oxygen atoms in total. The van der Waals surface area contributed by atoms with Crippen molar-refractivity contribution in [3.63, 3.8) is 0 Å². The third kappa shape index (κ3) is 13.4. The standard InChI is InChI=1S/C46H58N6O7S/c1-4-6-7-8-9-10-11-12-13-14-15-18-30-51(40-22-19-20-37-36(40)28-29-38(43(37)54)44(55)47-39-21-16-17-23-41(39)57-3)46(56)59-35-26-24-34(25-27-35)33-60-45-48-49-50-52(45)32-42(53)58-31-5-2/h16-17,19-29,54H,4-15,18,30-33H2,1-3H3,(H,47,55). The number of para-hydroxylation sites is 2. The molecule has 0 unspecified atom stereocenters. The lowest BCUT2D eigenvalue weighted by Gasteiger charge is -2.24. The Labute approximate surface area is 357 Å². The molecule has 2 N–H and O–H groups in total. The molecule has 0 aliphatic rings. The van der Waals surface area contributed by atoms with Crippen LogP contribution in [0, 0.1) is 0 Å². The number of unbranched alkanes of at least 4 members (excludes halogenated alkanes) is 11. The predicted molar refractivity (Wildman–Crippen MR) is 236 cm³/mol. The number of nitrogens with zero attached hydrogens (tertiary/aromatic N) is 5. The third-order valence-corrected chi connectivity index (χ3v) is 11.1. The molecule has 2 amide bonds. The first kappa shape index (κ1) is 45.5. The van der Waals surface area contributed by atoms with Crippen LogP contribution >= 0.6 is 11.8 Å². The van der Waals surface area contributed by atoms with Gasteiger partial charge in [0.1, 0.15) is 23.8 Å². The van der Waals surface area contributed by atoms with Crippen LogP contribution in [-0.4, -0.2) is 63.5 Å². The van der Waals surface area contributed by atoms with Gasteiger partial charge in [-0.2, -0.15) is 0 Å². The summed E-state index contributed by atoms with van der Waals surface area (Å²) in [7, 11) is 1.52. The molecule has 0 fully saturated rings. The molecule has 1 heterocycles. The number of ether oxygens (including phenoxy) is 3. The second-order valence-electron chi connectivity index (χ2n) is 14.7. The van der Waals surface area contributed by atoms with Gasteiger partial charge in [0, 0.05) is 23.1 Å². The van der Waals surface area contributed by atoms with E-state index in [1.807, 2.05) is 25.1 Å². The number of thioether (sulfide) groups is 1. The van der Waals surface area contributed by atoms with Crippen molar-refractivity contribution in [1.29, 1.82) is 0 Å². The first-order valence-corrected chi connectivity index (χ1v) is 22.1. The minimum absolute atomic E-state index is 0.0727. The number of rotatable bonds is 25. The first-order chi connectivity index (χ1) is 29.3. The molecular formula is C46H58N6O7S. The lowest BCUT2D eigenvalue weighted by atomic mass is 10.0. The first-order valence-electron chi connectivity index (χ1n) is 21.1. The highest BCUT2D eigenvalue weighted by Crippen LogP contribution is 2.36. The molecule has 14 heteroatoms. The highest BCUT2D eigenvalue weighted by Gasteiger charge is 2.23. The molecule has 0 radical (unpaired) electrons. The van der Waals surface area contributed by atoms with Crippen LogP contribution < -0.4 is 19.7 Å². The van der Waals surface area contributed by atoms with Crippen molar-refractivity contribution in [3.8, 4) is 17.2 Å². The van der Waals surface area contributed by atoms with E-state index in [0.717, 1.165) is 37.7 Å². The van der Waals surface area contributed by atoms with Crippen LogP contribution in [0.4, 0.5) is 16.2 Å². The number of phenols is 1. The Bertz CT molecular complexity index is 2130. The van der Waals surface area contributed by atoms with E-state index in [4.69, 9.17) is 14.2 Å². The van der Waals surface area contributed by atoms with Gasteiger partial charge < -0.3 is 24.6 Å². The number of tetrazole rings is 1. The summed E-state index contributed by atoms with van der Waals surface area (Å²) < 4.78 is 17.9. The molecule has 320 valence electrons. The quantitative estimate of drug-likeness (QED) is 0.0327. The number of methoxy groups -OCH3 is 1. The van der Waals surface area contributed by atoms with Crippen LogP contribution in [0.15, 0.2) is 84.0 Å². The van der Waals surface area contributed by atoms with Crippen molar-refractivity contribution in [1.82, 2.24) is 20.2 Å². The number of aromatic hydroxyl groups is 1. The number of nitrogens with one attached hydrogen (secondary N) is 1. The molecule has 0 saturated carbocycles. The van der Waals surface area contributed by atoms with E-state index in [2.05, 4.69) is 27.8 Å². The summed E-state index contributed by atoms with van der Waals surface area (Å²) in [4.78, 5) is 41.2. The molecule has 60 heavy (non-hydrogen) atoms. The number of amides is 2. The van der Waals surface area contributed by atoms with Crippen molar-refractivity contribution >= 4 is 51.9 Å². The molecule has 1 aromatic heterocycles. The summed E-state index contributed by atoms with van der Waals surface area (Å²) in [6.45, 7) is 4.85. The van der Waals surface area contributed by atoms with Crippen molar-refractivity contribution < 1.29 is 33.7 Å². The van der Waals surface area contributed by atoms with E-state index in [0.29, 0.717) is 57.7 Å². The van der Waals surface area contributed by atoms with Crippen LogP contribution in [0.2, 0.25) is 0 Å². The van der Waals surface area contributed by atoms with E-state index in [9.17, 15) is 19.5 Å². The molecule has 0 spiro atoms. The van der Waals surface area contributed by atoms with Crippen molar-refractivity contribution in [2.75, 3.05) is 30.5 Å². The Morgan fingerprint density at radius 1 is 0.783 bits per heavy atom. The topological polar surface area (TPSA) is 158 Å². The lowest BCUT2D eigenvalue weighted by molar-refractivity contribution is -0.144. The molecule has 0 atom stereocenters. The van der Waals surface area contributed by atoms with Gasteiger partial charge >= 0.3 is 12.1 Å². The maximum Gasteiger partial charge on any atom is 0.419 e. The Morgan fingerprint density at radius 2 is 1.48 bits per heavy atom. The predicted octanol–water partition coefficient (Wildman–Crippen LogP) is 10.7. The molecule has 5 aromatic rings. The zero-order valence-electron chi connectivity index (χ0n) is 35.1. The maximum atomic E-state index is 14.1. The number of esters is 1. The van der Waals surface area contributed by atoms with Gasteiger partial charge in [0.15, 0.2) is 0 Å². The highest BCUT2D eigenvalue weighted by atomic mass is 32.2. The Hall–Kier alpha value is -5.63. The molecule has 0 aliphatic heterocycles. The number of carbonyl (C=O) groups excluding carboxylic acids is 3. The number of benzene rings is 4. The average Bonchev–Trinajstić information content (AvgIpc) is 3.70. The number of hydrogen-bond donors (Lipinski definition) is 2. The van der Waals surface area contributed by atoms with Crippen LogP contribution in [0.25, 0.3) is 10.8 Å². The smallest absolute Gasteiger partial charge is 0.419 e. The number of phenolic OH excluding ortho intramolecular Hbond substituents is 1. The van der Waals surface area contributed by atoms with Crippen molar-refractivity contribution in [3.05, 3.63) is 90.0 Å². The largest absolute Gasteiger partial charge is 0.506 e. The Morgan fingerprint density at radius 3 is 2.18 bits per heavy atom. The normalized spacial score (nSPS) is 11.1. The molecule has 0 bridgehead atoms. The summed E-state index contributed by atoms with van der Waals surface area (Å²) in [5.74, 6) is 0.291. The number of anilines is 2. The zero-order chi connectivity index (χ0) is 42.5. The molecular weight excluding hydrogens is 781 g/mol. The number of fused-ring (bicyclic) bond motifs is 1. The van der Waals surface area contributed by atoms with Crippen LogP contribution in [0.5, 0.6) is 17.2 Å². The molecule has 0 saturated heterocycles. The SMILES string of the molecule is CCCCCCCCCCCCCCN(C(=O)Oc1ccc(CSc2nnnn2CC(=O)OCCC)cc1)c1cccc2c(O)c(C(=O)Nc3ccccc3OC)ccc12. The zero-order valence-corrected chi connectivity index (χ0v) is 35.9. The Balaban J connectivity index is 1.26. The molecule has 0 aliphatic carbocycles. The minimum Gasteiger partial charge on any atom is -0.506 e. The lowest BCUT2D eigenvalue weighted by Crippen LogP contribution is -2.34. The fraction of sp³-hybridized carbons (Fsp3) is 0.435. The second kappa shape index (κ2) is 24.5. The van der Waals surface area contributed by atoms with Gasteiger partial charge in [-0.3, -0.25) is 14.5 Å². The Kier molecular flexibility index (Phi) is 18.5. The summed E-state index contributed by atoms with van der Waals surface area (Å²) in [5.41, 5.74) is 2.07. The minimum atomic E-state index is -0.556. The van der Waals surface area contributed by atoms with Gasteiger partial charge in [-0.15, -0.1) is 5.10 Å². The van der Waals surface area contributed by atoms with Crippen molar-refractivity contribution in [2.24, 2.45) is 0 Å². The molecule has 5 rings (SSSR count).